The lowest BCUT2D eigenvalue weighted by molar-refractivity contribution is 0.125. The first-order valence-corrected chi connectivity index (χ1v) is 8.38. The van der Waals surface area contributed by atoms with Crippen LogP contribution in [-0.2, 0) is 7.05 Å². The number of halogens is 1. The Morgan fingerprint density at radius 1 is 1.38 bits per heavy atom. The molecule has 24 heavy (non-hydrogen) atoms. The average molecular weight is 396 g/mol. The van der Waals surface area contributed by atoms with Crippen LogP contribution in [0.5, 0.6) is 0 Å². The van der Waals surface area contributed by atoms with Crippen molar-refractivity contribution in [1.29, 1.82) is 0 Å². The fraction of sp³-hybridized carbons (Fsp3) is 0.400. The van der Waals surface area contributed by atoms with E-state index >= 15 is 0 Å². The Kier molecular flexibility index (Phi) is 4.61. The molecule has 1 fully saturated rings. The molecule has 0 bridgehead atoms. The number of carbonyl (C=O) groups is 1. The molecule has 1 aliphatic heterocycles. The molecule has 0 aromatic carbocycles. The van der Waals surface area contributed by atoms with Gasteiger partial charge in [-0.05, 0) is 34.8 Å². The third kappa shape index (κ3) is 3.45. The first-order chi connectivity index (χ1) is 11.4. The standard InChI is InChI=1S/C15H18BrN5O3/c1-19-7-10(16)6-12(14(19)22)18-13-8-21(9-17-13)11-2-4-20(5-3-11)15(23)24/h6-9,11,18H,2-5H2,1H3,(H,23,24). The Labute approximate surface area is 146 Å². The number of piperidine rings is 1. The summed E-state index contributed by atoms with van der Waals surface area (Å²) in [7, 11) is 1.69. The van der Waals surface area contributed by atoms with Crippen molar-refractivity contribution in [3.8, 4) is 0 Å². The molecule has 2 aromatic heterocycles. The third-order valence-corrected chi connectivity index (χ3v) is 4.60. The van der Waals surface area contributed by atoms with Crippen LogP contribution in [-0.4, -0.2) is 43.3 Å². The molecule has 2 N–H and O–H groups in total. The summed E-state index contributed by atoms with van der Waals surface area (Å²) in [4.78, 5) is 28.8. The summed E-state index contributed by atoms with van der Waals surface area (Å²) in [5.74, 6) is 0.589. The minimum absolute atomic E-state index is 0.137. The fourth-order valence-corrected chi connectivity index (χ4v) is 3.39. The van der Waals surface area contributed by atoms with Gasteiger partial charge < -0.3 is 24.5 Å². The Balaban J connectivity index is 1.71. The third-order valence-electron chi connectivity index (χ3n) is 4.17. The second-order valence-corrected chi connectivity index (χ2v) is 6.74. The number of nitrogens with zero attached hydrogens (tertiary/aromatic N) is 4. The van der Waals surface area contributed by atoms with Crippen LogP contribution in [0.4, 0.5) is 16.3 Å². The molecular weight excluding hydrogens is 378 g/mol. The van der Waals surface area contributed by atoms with E-state index in [4.69, 9.17) is 5.11 Å². The van der Waals surface area contributed by atoms with Gasteiger partial charge in [-0.15, -0.1) is 0 Å². The number of anilines is 2. The second-order valence-electron chi connectivity index (χ2n) is 5.82. The van der Waals surface area contributed by atoms with Crippen LogP contribution in [0.25, 0.3) is 0 Å². The summed E-state index contributed by atoms with van der Waals surface area (Å²) < 4.78 is 4.27. The lowest BCUT2D eigenvalue weighted by Crippen LogP contribution is -2.37. The number of likely N-dealkylation sites (tertiary alicyclic amines) is 1. The van der Waals surface area contributed by atoms with Gasteiger partial charge in [0, 0.05) is 43.0 Å². The number of hydrogen-bond donors (Lipinski definition) is 2. The van der Waals surface area contributed by atoms with E-state index in [1.807, 2.05) is 10.8 Å². The first kappa shape index (κ1) is 16.6. The summed E-state index contributed by atoms with van der Waals surface area (Å²) in [6.45, 7) is 1.04. The van der Waals surface area contributed by atoms with Gasteiger partial charge in [-0.25, -0.2) is 9.78 Å². The van der Waals surface area contributed by atoms with Crippen LogP contribution in [0.1, 0.15) is 18.9 Å². The summed E-state index contributed by atoms with van der Waals surface area (Å²) in [6, 6.07) is 1.93. The summed E-state index contributed by atoms with van der Waals surface area (Å²) >= 11 is 3.37. The zero-order chi connectivity index (χ0) is 17.3. The van der Waals surface area contributed by atoms with Gasteiger partial charge in [-0.2, -0.15) is 0 Å². The van der Waals surface area contributed by atoms with Gasteiger partial charge in [0.25, 0.3) is 5.56 Å². The number of imidazole rings is 1. The van der Waals surface area contributed by atoms with E-state index < -0.39 is 6.09 Å². The molecule has 2 aromatic rings. The van der Waals surface area contributed by atoms with Crippen LogP contribution in [0.15, 0.2) is 34.1 Å². The molecule has 1 aliphatic rings. The monoisotopic (exact) mass is 395 g/mol. The molecule has 3 heterocycles. The van der Waals surface area contributed by atoms with E-state index in [-0.39, 0.29) is 11.6 Å². The highest BCUT2D eigenvalue weighted by Gasteiger charge is 2.23. The van der Waals surface area contributed by atoms with E-state index in [0.717, 1.165) is 17.3 Å². The molecule has 3 rings (SSSR count). The number of pyridine rings is 1. The molecule has 1 amide bonds. The molecule has 0 atom stereocenters. The van der Waals surface area contributed by atoms with Gasteiger partial charge in [0.15, 0.2) is 0 Å². The van der Waals surface area contributed by atoms with Crippen molar-refractivity contribution in [2.24, 2.45) is 7.05 Å². The number of aromatic nitrogens is 3. The summed E-state index contributed by atoms with van der Waals surface area (Å²) in [6.07, 6.45) is 5.89. The summed E-state index contributed by atoms with van der Waals surface area (Å²) in [5.41, 5.74) is 0.306. The van der Waals surface area contributed by atoms with Gasteiger partial charge in [0.1, 0.15) is 11.5 Å². The highest BCUT2D eigenvalue weighted by Crippen LogP contribution is 2.24. The molecule has 0 aliphatic carbocycles. The molecule has 8 nitrogen and oxygen atoms in total. The maximum atomic E-state index is 12.1. The zero-order valence-electron chi connectivity index (χ0n) is 13.1. The van der Waals surface area contributed by atoms with Crippen LogP contribution >= 0.6 is 15.9 Å². The number of hydrogen-bond acceptors (Lipinski definition) is 4. The largest absolute Gasteiger partial charge is 0.465 e. The average Bonchev–Trinajstić information content (AvgIpc) is 3.01. The van der Waals surface area contributed by atoms with Crippen molar-refractivity contribution in [2.75, 3.05) is 18.4 Å². The van der Waals surface area contributed by atoms with Crippen molar-refractivity contribution >= 4 is 33.5 Å². The predicted molar refractivity (Wildman–Crippen MR) is 92.8 cm³/mol. The molecule has 9 heteroatoms. The topological polar surface area (TPSA) is 92.4 Å². The van der Waals surface area contributed by atoms with E-state index in [9.17, 15) is 9.59 Å². The lowest BCUT2D eigenvalue weighted by atomic mass is 10.1. The highest BCUT2D eigenvalue weighted by atomic mass is 79.9. The van der Waals surface area contributed by atoms with Crippen LogP contribution in [0.3, 0.4) is 0 Å². The van der Waals surface area contributed by atoms with Gasteiger partial charge in [-0.1, -0.05) is 0 Å². The van der Waals surface area contributed by atoms with Crippen molar-refractivity contribution in [3.63, 3.8) is 0 Å². The minimum atomic E-state index is -0.869. The van der Waals surface area contributed by atoms with E-state index in [1.165, 1.54) is 9.47 Å². The van der Waals surface area contributed by atoms with E-state index in [0.29, 0.717) is 24.6 Å². The van der Waals surface area contributed by atoms with Crippen LogP contribution in [0.2, 0.25) is 0 Å². The minimum Gasteiger partial charge on any atom is -0.465 e. The normalized spacial score (nSPS) is 15.5. The molecule has 0 saturated carbocycles. The number of aryl methyl sites for hydroxylation is 1. The zero-order valence-corrected chi connectivity index (χ0v) is 14.7. The Morgan fingerprint density at radius 3 is 2.75 bits per heavy atom. The molecule has 0 spiro atoms. The highest BCUT2D eigenvalue weighted by molar-refractivity contribution is 9.10. The van der Waals surface area contributed by atoms with Crippen molar-refractivity contribution in [3.05, 3.63) is 39.6 Å². The number of carboxylic acid groups (broad SMARTS) is 1. The predicted octanol–water partition coefficient (Wildman–Crippen LogP) is 2.40. The number of amides is 1. The Hall–Kier alpha value is -2.29. The smallest absolute Gasteiger partial charge is 0.407 e. The number of rotatable bonds is 3. The molecular formula is C15H18BrN5O3. The van der Waals surface area contributed by atoms with E-state index in [2.05, 4.69) is 26.2 Å². The Bertz CT molecular complexity index is 808. The lowest BCUT2D eigenvalue weighted by Gasteiger charge is -2.30. The van der Waals surface area contributed by atoms with Crippen molar-refractivity contribution in [2.45, 2.75) is 18.9 Å². The quantitative estimate of drug-likeness (QED) is 0.832. The fourth-order valence-electron chi connectivity index (χ4n) is 2.85. The van der Waals surface area contributed by atoms with Gasteiger partial charge in [0.05, 0.1) is 6.33 Å². The van der Waals surface area contributed by atoms with Gasteiger partial charge in [0.2, 0.25) is 0 Å². The first-order valence-electron chi connectivity index (χ1n) is 7.58. The maximum absolute atomic E-state index is 12.1. The van der Waals surface area contributed by atoms with Crippen molar-refractivity contribution < 1.29 is 9.90 Å². The molecule has 1 saturated heterocycles. The second kappa shape index (κ2) is 6.68. The molecule has 0 unspecified atom stereocenters. The van der Waals surface area contributed by atoms with Gasteiger partial charge >= 0.3 is 6.09 Å². The van der Waals surface area contributed by atoms with Crippen molar-refractivity contribution in [1.82, 2.24) is 19.0 Å². The van der Waals surface area contributed by atoms with E-state index in [1.54, 1.807) is 25.6 Å². The van der Waals surface area contributed by atoms with Crippen LogP contribution in [0, 0.1) is 0 Å². The summed E-state index contributed by atoms with van der Waals surface area (Å²) in [5, 5.41) is 12.0. The molecule has 128 valence electrons. The Morgan fingerprint density at radius 2 is 2.08 bits per heavy atom. The van der Waals surface area contributed by atoms with Crippen LogP contribution < -0.4 is 10.9 Å². The van der Waals surface area contributed by atoms with Gasteiger partial charge in [-0.3, -0.25) is 4.79 Å². The SMILES string of the molecule is Cn1cc(Br)cc(Nc2cn(C3CCN(C(=O)O)CC3)cn2)c1=O. The maximum Gasteiger partial charge on any atom is 0.407 e. The molecule has 0 radical (unpaired) electrons. The number of nitrogens with one attached hydrogen (secondary N) is 1.